The van der Waals surface area contributed by atoms with E-state index in [1.807, 2.05) is 23.1 Å². The molecule has 1 fully saturated rings. The number of hydrogen-bond acceptors (Lipinski definition) is 2. The first kappa shape index (κ1) is 16.0. The Morgan fingerprint density at radius 3 is 2.48 bits per heavy atom. The van der Waals surface area contributed by atoms with E-state index in [1.165, 1.54) is 18.4 Å². The molecule has 0 spiro atoms. The zero-order chi connectivity index (χ0) is 15.1. The van der Waals surface area contributed by atoms with Crippen LogP contribution < -0.4 is 0 Å². The van der Waals surface area contributed by atoms with E-state index in [4.69, 9.17) is 0 Å². The van der Waals surface area contributed by atoms with Crippen molar-refractivity contribution in [2.75, 3.05) is 26.2 Å². The lowest BCUT2D eigenvalue weighted by molar-refractivity contribution is -0.132. The summed E-state index contributed by atoms with van der Waals surface area (Å²) in [5.41, 5.74) is 1.21. The molecule has 1 aromatic carbocycles. The van der Waals surface area contributed by atoms with Gasteiger partial charge < -0.3 is 4.90 Å². The largest absolute Gasteiger partial charge is 0.338 e. The van der Waals surface area contributed by atoms with E-state index in [9.17, 15) is 4.79 Å². The number of carbonyl (C=O) groups excluding carboxylic acids is 1. The number of nitrogens with zero attached hydrogens (tertiary/aromatic N) is 2. The molecule has 1 saturated carbocycles. The summed E-state index contributed by atoms with van der Waals surface area (Å²) >= 11 is 0. The molecule has 3 heteroatoms. The van der Waals surface area contributed by atoms with Crippen LogP contribution in [-0.2, 0) is 11.3 Å². The van der Waals surface area contributed by atoms with Crippen molar-refractivity contribution in [3.63, 3.8) is 0 Å². The minimum absolute atomic E-state index is 0.260. The van der Waals surface area contributed by atoms with Gasteiger partial charge in [0, 0.05) is 19.6 Å². The van der Waals surface area contributed by atoms with Crippen LogP contribution in [-0.4, -0.2) is 41.9 Å². The van der Waals surface area contributed by atoms with Gasteiger partial charge in [0.05, 0.1) is 6.54 Å². The summed E-state index contributed by atoms with van der Waals surface area (Å²) in [6.07, 6.45) is 3.80. The van der Waals surface area contributed by atoms with Crippen LogP contribution in [0.3, 0.4) is 0 Å². The van der Waals surface area contributed by atoms with Gasteiger partial charge in [-0.3, -0.25) is 9.69 Å². The van der Waals surface area contributed by atoms with Crippen molar-refractivity contribution in [2.24, 2.45) is 5.92 Å². The van der Waals surface area contributed by atoms with Crippen molar-refractivity contribution < 1.29 is 4.79 Å². The van der Waals surface area contributed by atoms with Gasteiger partial charge in [0.2, 0.25) is 5.91 Å². The summed E-state index contributed by atoms with van der Waals surface area (Å²) in [5.74, 6) is 1.10. The highest BCUT2D eigenvalue weighted by Gasteiger charge is 2.25. The minimum Gasteiger partial charge on any atom is -0.338 e. The Morgan fingerprint density at radius 1 is 1.19 bits per heavy atom. The van der Waals surface area contributed by atoms with E-state index >= 15 is 0 Å². The second-order valence-electron chi connectivity index (χ2n) is 6.07. The smallest absolute Gasteiger partial charge is 0.237 e. The standard InChI is InChI=1S/C18H28N2O/c1-3-12-19(13-17-10-11-17)15-18(21)20(4-2)14-16-8-6-5-7-9-16/h5-9,17H,3-4,10-15H2,1-2H3. The van der Waals surface area contributed by atoms with Crippen LogP contribution in [0.25, 0.3) is 0 Å². The Morgan fingerprint density at radius 2 is 1.90 bits per heavy atom. The maximum absolute atomic E-state index is 12.6. The highest BCUT2D eigenvalue weighted by atomic mass is 16.2. The number of likely N-dealkylation sites (N-methyl/N-ethyl adjacent to an activating group) is 1. The van der Waals surface area contributed by atoms with E-state index in [0.29, 0.717) is 6.54 Å². The highest BCUT2D eigenvalue weighted by Crippen LogP contribution is 2.29. The third-order valence-corrected chi connectivity index (χ3v) is 4.06. The molecule has 0 atom stereocenters. The molecule has 1 aromatic rings. The lowest BCUT2D eigenvalue weighted by Gasteiger charge is -2.26. The summed E-state index contributed by atoms with van der Waals surface area (Å²) in [5, 5.41) is 0. The van der Waals surface area contributed by atoms with Gasteiger partial charge in [0.25, 0.3) is 0 Å². The fourth-order valence-electron chi connectivity index (χ4n) is 2.69. The average Bonchev–Trinajstić information content (AvgIpc) is 3.30. The van der Waals surface area contributed by atoms with Crippen molar-refractivity contribution >= 4 is 5.91 Å². The molecule has 21 heavy (non-hydrogen) atoms. The van der Waals surface area contributed by atoms with Crippen LogP contribution in [0, 0.1) is 5.92 Å². The third-order valence-electron chi connectivity index (χ3n) is 4.06. The van der Waals surface area contributed by atoms with Crippen molar-refractivity contribution in [3.05, 3.63) is 35.9 Å². The number of hydrogen-bond donors (Lipinski definition) is 0. The Labute approximate surface area is 128 Å². The van der Waals surface area contributed by atoms with Crippen LogP contribution in [0.2, 0.25) is 0 Å². The molecule has 2 rings (SSSR count). The first-order valence-corrected chi connectivity index (χ1v) is 8.27. The molecule has 1 amide bonds. The highest BCUT2D eigenvalue weighted by molar-refractivity contribution is 5.78. The quantitative estimate of drug-likeness (QED) is 0.697. The second-order valence-corrected chi connectivity index (χ2v) is 6.07. The topological polar surface area (TPSA) is 23.6 Å². The SMILES string of the molecule is CCCN(CC(=O)N(CC)Cc1ccccc1)CC1CC1. The molecular formula is C18H28N2O. The summed E-state index contributed by atoms with van der Waals surface area (Å²) in [6.45, 7) is 8.45. The lowest BCUT2D eigenvalue weighted by atomic mass is 10.2. The van der Waals surface area contributed by atoms with Crippen LogP contribution >= 0.6 is 0 Å². The number of carbonyl (C=O) groups is 1. The zero-order valence-corrected chi connectivity index (χ0v) is 13.4. The molecule has 1 aliphatic rings. The molecule has 3 nitrogen and oxygen atoms in total. The molecule has 0 N–H and O–H groups in total. The number of amides is 1. The summed E-state index contributed by atoms with van der Waals surface area (Å²) < 4.78 is 0. The second kappa shape index (κ2) is 8.18. The van der Waals surface area contributed by atoms with Crippen LogP contribution in [0.1, 0.15) is 38.7 Å². The van der Waals surface area contributed by atoms with Gasteiger partial charge in [-0.25, -0.2) is 0 Å². The van der Waals surface area contributed by atoms with E-state index in [1.54, 1.807) is 0 Å². The van der Waals surface area contributed by atoms with E-state index < -0.39 is 0 Å². The third kappa shape index (κ3) is 5.50. The maximum atomic E-state index is 12.6. The number of benzene rings is 1. The predicted molar refractivity (Wildman–Crippen MR) is 87.0 cm³/mol. The van der Waals surface area contributed by atoms with Crippen LogP contribution in [0.4, 0.5) is 0 Å². The van der Waals surface area contributed by atoms with Gasteiger partial charge in [-0.2, -0.15) is 0 Å². The average molecular weight is 288 g/mol. The first-order chi connectivity index (χ1) is 10.2. The molecule has 0 heterocycles. The molecule has 116 valence electrons. The van der Waals surface area contributed by atoms with Gasteiger partial charge >= 0.3 is 0 Å². The van der Waals surface area contributed by atoms with Gasteiger partial charge in [-0.1, -0.05) is 37.3 Å². The summed E-state index contributed by atoms with van der Waals surface area (Å²) in [7, 11) is 0. The monoisotopic (exact) mass is 288 g/mol. The van der Waals surface area contributed by atoms with Crippen molar-refractivity contribution in [1.29, 1.82) is 0 Å². The van der Waals surface area contributed by atoms with Crippen LogP contribution in [0.5, 0.6) is 0 Å². The molecule has 0 aromatic heterocycles. The van der Waals surface area contributed by atoms with Crippen molar-refractivity contribution in [3.8, 4) is 0 Å². The Kier molecular flexibility index (Phi) is 6.24. The normalized spacial score (nSPS) is 14.4. The van der Waals surface area contributed by atoms with Gasteiger partial charge in [-0.15, -0.1) is 0 Å². The molecule has 1 aliphatic carbocycles. The molecule has 0 aliphatic heterocycles. The van der Waals surface area contributed by atoms with E-state index in [0.717, 1.165) is 38.5 Å². The zero-order valence-electron chi connectivity index (χ0n) is 13.4. The van der Waals surface area contributed by atoms with Gasteiger partial charge in [0.1, 0.15) is 0 Å². The van der Waals surface area contributed by atoms with Gasteiger partial charge in [-0.05, 0) is 44.2 Å². The predicted octanol–water partition coefficient (Wildman–Crippen LogP) is 3.16. The molecule has 0 unspecified atom stereocenters. The Bertz CT molecular complexity index is 428. The molecule has 0 bridgehead atoms. The van der Waals surface area contributed by atoms with Gasteiger partial charge in [0.15, 0.2) is 0 Å². The Balaban J connectivity index is 1.88. The summed E-state index contributed by atoms with van der Waals surface area (Å²) in [6, 6.07) is 10.3. The van der Waals surface area contributed by atoms with E-state index in [-0.39, 0.29) is 5.91 Å². The molecule has 0 saturated heterocycles. The Hall–Kier alpha value is -1.35. The fourth-order valence-corrected chi connectivity index (χ4v) is 2.69. The first-order valence-electron chi connectivity index (χ1n) is 8.27. The lowest BCUT2D eigenvalue weighted by Crippen LogP contribution is -2.41. The molecular weight excluding hydrogens is 260 g/mol. The van der Waals surface area contributed by atoms with Crippen molar-refractivity contribution in [1.82, 2.24) is 9.80 Å². The summed E-state index contributed by atoms with van der Waals surface area (Å²) in [4.78, 5) is 16.9. The minimum atomic E-state index is 0.260. The maximum Gasteiger partial charge on any atom is 0.237 e. The fraction of sp³-hybridized carbons (Fsp3) is 0.611. The van der Waals surface area contributed by atoms with E-state index in [2.05, 4.69) is 30.9 Å². The van der Waals surface area contributed by atoms with Crippen LogP contribution in [0.15, 0.2) is 30.3 Å². The van der Waals surface area contributed by atoms with Crippen molar-refractivity contribution in [2.45, 2.75) is 39.7 Å². The number of rotatable bonds is 9. The molecule has 0 radical (unpaired) electrons.